The molecule has 1 aliphatic carbocycles. The molecule has 2 amide bonds. The van der Waals surface area contributed by atoms with E-state index in [-0.39, 0.29) is 6.03 Å². The molecule has 2 aliphatic rings. The maximum atomic E-state index is 11.9. The quantitative estimate of drug-likeness (QED) is 0.781. The molecule has 3 atom stereocenters. The molecule has 0 bridgehead atoms. The molecule has 0 aromatic rings. The lowest BCUT2D eigenvalue weighted by molar-refractivity contribution is -0.146. The van der Waals surface area contributed by atoms with Crippen LogP contribution < -0.4 is 5.32 Å². The fourth-order valence-corrected chi connectivity index (χ4v) is 2.43. The first kappa shape index (κ1) is 12.2. The van der Waals surface area contributed by atoms with Gasteiger partial charge in [-0.2, -0.15) is 0 Å². The second-order valence-electron chi connectivity index (χ2n) is 5.50. The number of carboxylic acids is 1. The standard InChI is InChI=1S/C12H20N2O3/c1-3-8-6-9(8)13-11(17)14-5-4-12(2,7-14)10(15)16/h8-9H,3-7H2,1-2H3,(H,13,17)(H,15,16)/t8-,9-,12?/m1/s1. The summed E-state index contributed by atoms with van der Waals surface area (Å²) in [5.41, 5.74) is -0.773. The van der Waals surface area contributed by atoms with Gasteiger partial charge in [0.15, 0.2) is 0 Å². The van der Waals surface area contributed by atoms with Crippen molar-refractivity contribution in [3.05, 3.63) is 0 Å². The van der Waals surface area contributed by atoms with Gasteiger partial charge in [-0.25, -0.2) is 4.79 Å². The van der Waals surface area contributed by atoms with E-state index in [9.17, 15) is 9.59 Å². The van der Waals surface area contributed by atoms with Gasteiger partial charge in [-0.3, -0.25) is 4.79 Å². The number of amides is 2. The molecule has 2 rings (SSSR count). The predicted molar refractivity (Wildman–Crippen MR) is 62.7 cm³/mol. The first-order chi connectivity index (χ1) is 7.96. The third-order valence-electron chi connectivity index (χ3n) is 4.03. The number of nitrogens with one attached hydrogen (secondary N) is 1. The third-order valence-corrected chi connectivity index (χ3v) is 4.03. The van der Waals surface area contributed by atoms with Gasteiger partial charge < -0.3 is 15.3 Å². The normalized spacial score (nSPS) is 35.8. The van der Waals surface area contributed by atoms with Crippen LogP contribution in [0.25, 0.3) is 0 Å². The average Bonchev–Trinajstić information content (AvgIpc) is 2.89. The van der Waals surface area contributed by atoms with Crippen LogP contribution in [0, 0.1) is 11.3 Å². The second kappa shape index (κ2) is 4.20. The minimum Gasteiger partial charge on any atom is -0.481 e. The molecular formula is C12H20N2O3. The Balaban J connectivity index is 1.84. The second-order valence-corrected chi connectivity index (χ2v) is 5.50. The highest BCUT2D eigenvalue weighted by Gasteiger charge is 2.44. The number of hydrogen-bond acceptors (Lipinski definition) is 2. The van der Waals surface area contributed by atoms with Crippen molar-refractivity contribution < 1.29 is 14.7 Å². The van der Waals surface area contributed by atoms with Crippen molar-refractivity contribution in [2.24, 2.45) is 11.3 Å². The lowest BCUT2D eigenvalue weighted by atomic mass is 9.90. The van der Waals surface area contributed by atoms with Crippen LogP contribution in [0.1, 0.15) is 33.1 Å². The summed E-state index contributed by atoms with van der Waals surface area (Å²) >= 11 is 0. The summed E-state index contributed by atoms with van der Waals surface area (Å²) in [5, 5.41) is 12.1. The maximum Gasteiger partial charge on any atom is 0.317 e. The molecule has 0 aromatic heterocycles. The minimum atomic E-state index is -0.814. The fraction of sp³-hybridized carbons (Fsp3) is 0.833. The van der Waals surface area contributed by atoms with Crippen LogP contribution in [0.3, 0.4) is 0 Å². The smallest absolute Gasteiger partial charge is 0.317 e. The van der Waals surface area contributed by atoms with Crippen LogP contribution in [0.2, 0.25) is 0 Å². The van der Waals surface area contributed by atoms with Crippen molar-refractivity contribution in [1.29, 1.82) is 0 Å². The van der Waals surface area contributed by atoms with Crippen LogP contribution >= 0.6 is 0 Å². The van der Waals surface area contributed by atoms with E-state index in [4.69, 9.17) is 5.11 Å². The van der Waals surface area contributed by atoms with Gasteiger partial charge in [0.25, 0.3) is 0 Å². The van der Waals surface area contributed by atoms with E-state index < -0.39 is 11.4 Å². The summed E-state index contributed by atoms with van der Waals surface area (Å²) < 4.78 is 0. The zero-order valence-electron chi connectivity index (χ0n) is 10.4. The maximum absolute atomic E-state index is 11.9. The van der Waals surface area contributed by atoms with Crippen molar-refractivity contribution >= 4 is 12.0 Å². The fourth-order valence-electron chi connectivity index (χ4n) is 2.43. The van der Waals surface area contributed by atoms with E-state index in [1.807, 2.05) is 0 Å². The highest BCUT2D eigenvalue weighted by Crippen LogP contribution is 2.34. The van der Waals surface area contributed by atoms with Gasteiger partial charge >= 0.3 is 12.0 Å². The van der Waals surface area contributed by atoms with Gasteiger partial charge in [-0.05, 0) is 25.7 Å². The van der Waals surface area contributed by atoms with Gasteiger partial charge in [0, 0.05) is 19.1 Å². The highest BCUT2D eigenvalue weighted by molar-refractivity contribution is 5.79. The Hall–Kier alpha value is -1.26. The Kier molecular flexibility index (Phi) is 3.02. The Bertz CT molecular complexity index is 345. The molecule has 5 nitrogen and oxygen atoms in total. The molecule has 1 saturated carbocycles. The molecule has 2 fully saturated rings. The number of carboxylic acid groups (broad SMARTS) is 1. The number of aliphatic carboxylic acids is 1. The summed E-state index contributed by atoms with van der Waals surface area (Å²) in [6.07, 6.45) is 2.70. The molecule has 0 radical (unpaired) electrons. The summed E-state index contributed by atoms with van der Waals surface area (Å²) in [5.74, 6) is -0.196. The van der Waals surface area contributed by atoms with Crippen molar-refractivity contribution in [2.75, 3.05) is 13.1 Å². The summed E-state index contributed by atoms with van der Waals surface area (Å²) in [7, 11) is 0. The summed E-state index contributed by atoms with van der Waals surface area (Å²) in [6, 6.07) is 0.208. The average molecular weight is 240 g/mol. The number of carbonyl (C=O) groups is 2. The molecule has 1 saturated heterocycles. The molecule has 1 aliphatic heterocycles. The van der Waals surface area contributed by atoms with E-state index in [2.05, 4.69) is 12.2 Å². The molecule has 1 heterocycles. The lowest BCUT2D eigenvalue weighted by Gasteiger charge is -2.20. The molecule has 5 heteroatoms. The van der Waals surface area contributed by atoms with Crippen molar-refractivity contribution in [2.45, 2.75) is 39.2 Å². The SMILES string of the molecule is CC[C@@H]1C[C@H]1NC(=O)N1CCC(C)(C(=O)O)C1. The van der Waals surface area contributed by atoms with E-state index in [0.717, 1.165) is 12.8 Å². The summed E-state index contributed by atoms with van der Waals surface area (Å²) in [6.45, 7) is 4.68. The van der Waals surface area contributed by atoms with E-state index in [0.29, 0.717) is 31.5 Å². The number of likely N-dealkylation sites (tertiary alicyclic amines) is 1. The number of nitrogens with zero attached hydrogens (tertiary/aromatic N) is 1. The Labute approximate surface area is 101 Å². The first-order valence-corrected chi connectivity index (χ1v) is 6.25. The first-order valence-electron chi connectivity index (χ1n) is 6.25. The zero-order chi connectivity index (χ0) is 12.6. The Morgan fingerprint density at radius 3 is 2.71 bits per heavy atom. The third kappa shape index (κ3) is 2.37. The molecule has 0 aromatic carbocycles. The van der Waals surface area contributed by atoms with Gasteiger partial charge in [0.05, 0.1) is 5.41 Å². The zero-order valence-corrected chi connectivity index (χ0v) is 10.4. The molecule has 96 valence electrons. The van der Waals surface area contributed by atoms with E-state index in [1.165, 1.54) is 0 Å². The molecule has 1 unspecified atom stereocenters. The monoisotopic (exact) mass is 240 g/mol. The van der Waals surface area contributed by atoms with Gasteiger partial charge in [0.2, 0.25) is 0 Å². The number of rotatable bonds is 3. The largest absolute Gasteiger partial charge is 0.481 e. The van der Waals surface area contributed by atoms with Crippen molar-refractivity contribution in [3.63, 3.8) is 0 Å². The van der Waals surface area contributed by atoms with Gasteiger partial charge in [0.1, 0.15) is 0 Å². The van der Waals surface area contributed by atoms with E-state index in [1.54, 1.807) is 11.8 Å². The van der Waals surface area contributed by atoms with Crippen LogP contribution in [-0.4, -0.2) is 41.1 Å². The Morgan fingerprint density at radius 1 is 1.53 bits per heavy atom. The molecular weight excluding hydrogens is 220 g/mol. The molecule has 2 N–H and O–H groups in total. The minimum absolute atomic E-state index is 0.101. The topological polar surface area (TPSA) is 69.6 Å². The van der Waals surface area contributed by atoms with E-state index >= 15 is 0 Å². The van der Waals surface area contributed by atoms with Gasteiger partial charge in [-0.1, -0.05) is 13.3 Å². The van der Waals surface area contributed by atoms with Crippen LogP contribution in [0.4, 0.5) is 4.79 Å². The summed E-state index contributed by atoms with van der Waals surface area (Å²) in [4.78, 5) is 24.6. The number of hydrogen-bond donors (Lipinski definition) is 2. The number of carbonyl (C=O) groups excluding carboxylic acids is 1. The molecule has 17 heavy (non-hydrogen) atoms. The Morgan fingerprint density at radius 2 is 2.24 bits per heavy atom. The number of urea groups is 1. The van der Waals surface area contributed by atoms with Crippen molar-refractivity contribution in [1.82, 2.24) is 10.2 Å². The van der Waals surface area contributed by atoms with Gasteiger partial charge in [-0.15, -0.1) is 0 Å². The molecule has 0 spiro atoms. The van der Waals surface area contributed by atoms with Crippen LogP contribution in [0.5, 0.6) is 0 Å². The van der Waals surface area contributed by atoms with Crippen LogP contribution in [0.15, 0.2) is 0 Å². The lowest BCUT2D eigenvalue weighted by Crippen LogP contribution is -2.42. The predicted octanol–water partition coefficient (Wildman–Crippen LogP) is 1.29. The van der Waals surface area contributed by atoms with Crippen molar-refractivity contribution in [3.8, 4) is 0 Å². The highest BCUT2D eigenvalue weighted by atomic mass is 16.4. The van der Waals surface area contributed by atoms with Crippen LogP contribution in [-0.2, 0) is 4.79 Å².